The number of fused-ring (bicyclic) bond motifs is 1. The van der Waals surface area contributed by atoms with E-state index in [1.807, 2.05) is 19.9 Å². The second-order valence-electron chi connectivity index (χ2n) is 7.18. The van der Waals surface area contributed by atoms with E-state index >= 15 is 0 Å². The van der Waals surface area contributed by atoms with E-state index in [-0.39, 0.29) is 17.7 Å². The molecule has 29 heavy (non-hydrogen) atoms. The highest BCUT2D eigenvalue weighted by Gasteiger charge is 2.27. The molecular formula is C21H21Cl2N3O3. The van der Waals surface area contributed by atoms with Gasteiger partial charge in [-0.15, -0.1) is 11.6 Å². The summed E-state index contributed by atoms with van der Waals surface area (Å²) < 4.78 is 1.73. The number of imidazole rings is 1. The summed E-state index contributed by atoms with van der Waals surface area (Å²) in [4.78, 5) is 28.4. The van der Waals surface area contributed by atoms with Gasteiger partial charge in [-0.25, -0.2) is 9.78 Å². The fraction of sp³-hybridized carbons (Fsp3) is 0.286. The van der Waals surface area contributed by atoms with Crippen LogP contribution in [0.5, 0.6) is 0 Å². The van der Waals surface area contributed by atoms with E-state index in [1.54, 1.807) is 41.0 Å². The van der Waals surface area contributed by atoms with Gasteiger partial charge in [-0.1, -0.05) is 37.6 Å². The van der Waals surface area contributed by atoms with Crippen molar-refractivity contribution in [2.24, 2.45) is 5.92 Å². The summed E-state index contributed by atoms with van der Waals surface area (Å²) in [5.41, 5.74) is 2.50. The third-order valence-corrected chi connectivity index (χ3v) is 4.95. The Labute approximate surface area is 178 Å². The molecule has 0 fully saturated rings. The maximum atomic E-state index is 12.1. The van der Waals surface area contributed by atoms with Gasteiger partial charge >= 0.3 is 5.97 Å². The zero-order valence-electron chi connectivity index (χ0n) is 16.0. The molecule has 0 saturated heterocycles. The summed E-state index contributed by atoms with van der Waals surface area (Å²) in [7, 11) is 0. The molecule has 0 aliphatic heterocycles. The van der Waals surface area contributed by atoms with E-state index in [0.717, 1.165) is 5.56 Å². The maximum absolute atomic E-state index is 12.1. The topological polar surface area (TPSA) is 84.2 Å². The first-order chi connectivity index (χ1) is 13.8. The van der Waals surface area contributed by atoms with Crippen molar-refractivity contribution >= 4 is 51.8 Å². The Hall–Kier alpha value is -2.57. The number of benzene rings is 2. The molecule has 6 nitrogen and oxygen atoms in total. The van der Waals surface area contributed by atoms with Gasteiger partial charge < -0.3 is 15.0 Å². The molecule has 0 aliphatic rings. The van der Waals surface area contributed by atoms with E-state index < -0.39 is 12.0 Å². The number of carboxylic acid groups (broad SMARTS) is 1. The molecule has 0 spiro atoms. The minimum atomic E-state index is -0.930. The zero-order chi connectivity index (χ0) is 21.1. The number of anilines is 1. The number of hydrogen-bond acceptors (Lipinski definition) is 3. The Kier molecular flexibility index (Phi) is 6.45. The van der Waals surface area contributed by atoms with Gasteiger partial charge in [0.2, 0.25) is 5.91 Å². The predicted octanol–water partition coefficient (Wildman–Crippen LogP) is 5.21. The quantitative estimate of drug-likeness (QED) is 0.501. The minimum absolute atomic E-state index is 0.157. The van der Waals surface area contributed by atoms with Crippen LogP contribution in [0.2, 0.25) is 5.02 Å². The van der Waals surface area contributed by atoms with Crippen molar-refractivity contribution in [3.63, 3.8) is 0 Å². The van der Waals surface area contributed by atoms with Crippen LogP contribution in [0.3, 0.4) is 0 Å². The van der Waals surface area contributed by atoms with Gasteiger partial charge in [-0.3, -0.25) is 4.79 Å². The third kappa shape index (κ3) is 4.71. The van der Waals surface area contributed by atoms with Gasteiger partial charge in [0.15, 0.2) is 0 Å². The summed E-state index contributed by atoms with van der Waals surface area (Å²) in [6, 6.07) is 11.5. The molecule has 2 aromatic carbocycles. The van der Waals surface area contributed by atoms with E-state index in [1.165, 1.54) is 0 Å². The highest BCUT2D eigenvalue weighted by Crippen LogP contribution is 2.33. The first-order valence-corrected chi connectivity index (χ1v) is 10.1. The van der Waals surface area contributed by atoms with Crippen LogP contribution in [0, 0.1) is 5.92 Å². The Morgan fingerprint density at radius 2 is 1.97 bits per heavy atom. The van der Waals surface area contributed by atoms with E-state index in [4.69, 9.17) is 23.2 Å². The molecule has 0 aliphatic carbocycles. The average Bonchev–Trinajstić information content (AvgIpc) is 3.04. The smallest absolute Gasteiger partial charge is 0.326 e. The fourth-order valence-corrected chi connectivity index (χ4v) is 3.54. The second-order valence-corrected chi connectivity index (χ2v) is 7.89. The van der Waals surface area contributed by atoms with Crippen LogP contribution < -0.4 is 5.32 Å². The highest BCUT2D eigenvalue weighted by atomic mass is 35.5. The fourth-order valence-electron chi connectivity index (χ4n) is 3.28. The van der Waals surface area contributed by atoms with E-state index in [2.05, 4.69) is 10.3 Å². The number of rotatable bonds is 7. The van der Waals surface area contributed by atoms with Crippen molar-refractivity contribution in [1.82, 2.24) is 9.55 Å². The molecule has 1 heterocycles. The number of nitrogens with zero attached hydrogens (tertiary/aromatic N) is 2. The molecule has 0 saturated carbocycles. The number of aliphatic carboxylic acids is 1. The zero-order valence-corrected chi connectivity index (χ0v) is 17.5. The van der Waals surface area contributed by atoms with E-state index in [9.17, 15) is 14.7 Å². The van der Waals surface area contributed by atoms with Crippen LogP contribution in [-0.4, -0.2) is 32.4 Å². The molecule has 3 rings (SSSR count). The summed E-state index contributed by atoms with van der Waals surface area (Å²) in [6.45, 7) is 3.96. The number of halogens is 2. The van der Waals surface area contributed by atoms with Crippen molar-refractivity contribution in [3.05, 3.63) is 47.5 Å². The van der Waals surface area contributed by atoms with Crippen molar-refractivity contribution in [2.45, 2.75) is 26.3 Å². The predicted molar refractivity (Wildman–Crippen MR) is 116 cm³/mol. The van der Waals surface area contributed by atoms with Gasteiger partial charge in [0.25, 0.3) is 0 Å². The Balaban J connectivity index is 2.22. The van der Waals surface area contributed by atoms with Crippen molar-refractivity contribution < 1.29 is 14.7 Å². The monoisotopic (exact) mass is 433 g/mol. The molecule has 0 radical (unpaired) electrons. The number of hydrogen-bond donors (Lipinski definition) is 2. The van der Waals surface area contributed by atoms with Crippen LogP contribution in [-0.2, 0) is 9.59 Å². The van der Waals surface area contributed by atoms with Gasteiger partial charge in [-0.2, -0.15) is 0 Å². The standard InChI is InChI=1S/C21H21Cl2N3O3/c1-12(2)8-18(21(28)29)26-17-7-6-15(24-19(27)11-22)10-16(17)25-20(26)13-4-3-5-14(23)9-13/h3-7,9-10,12,18H,8,11H2,1-2H3,(H,24,27)(H,28,29). The maximum Gasteiger partial charge on any atom is 0.326 e. The number of alkyl halides is 1. The Morgan fingerprint density at radius 1 is 1.21 bits per heavy atom. The van der Waals surface area contributed by atoms with Crippen molar-refractivity contribution in [2.75, 3.05) is 11.2 Å². The molecule has 152 valence electrons. The third-order valence-electron chi connectivity index (χ3n) is 4.47. The van der Waals surface area contributed by atoms with Gasteiger partial charge in [-0.05, 0) is 42.7 Å². The molecule has 1 amide bonds. The summed E-state index contributed by atoms with van der Waals surface area (Å²) >= 11 is 11.7. The van der Waals surface area contributed by atoms with Crippen LogP contribution >= 0.6 is 23.2 Å². The number of carboxylic acids is 1. The molecule has 1 aromatic heterocycles. The largest absolute Gasteiger partial charge is 0.480 e. The van der Waals surface area contributed by atoms with Crippen molar-refractivity contribution in [1.29, 1.82) is 0 Å². The van der Waals surface area contributed by atoms with Crippen molar-refractivity contribution in [3.8, 4) is 11.4 Å². The average molecular weight is 434 g/mol. The lowest BCUT2D eigenvalue weighted by Gasteiger charge is -2.20. The number of amides is 1. The second kappa shape index (κ2) is 8.84. The molecule has 3 aromatic rings. The molecule has 8 heteroatoms. The number of carbonyl (C=O) groups excluding carboxylic acids is 1. The van der Waals surface area contributed by atoms with Crippen LogP contribution in [0.1, 0.15) is 26.3 Å². The molecule has 2 N–H and O–H groups in total. The Morgan fingerprint density at radius 3 is 2.59 bits per heavy atom. The van der Waals surface area contributed by atoms with Gasteiger partial charge in [0, 0.05) is 16.3 Å². The SMILES string of the molecule is CC(C)CC(C(=O)O)n1c(-c2cccc(Cl)c2)nc2cc(NC(=O)CCl)ccc21. The normalized spacial score (nSPS) is 12.3. The van der Waals surface area contributed by atoms with Crippen LogP contribution in [0.25, 0.3) is 22.4 Å². The Bertz CT molecular complexity index is 1060. The lowest BCUT2D eigenvalue weighted by Crippen LogP contribution is -2.21. The first-order valence-electron chi connectivity index (χ1n) is 9.16. The molecule has 1 unspecified atom stereocenters. The molecule has 0 bridgehead atoms. The van der Waals surface area contributed by atoms with Crippen LogP contribution in [0.15, 0.2) is 42.5 Å². The summed E-state index contributed by atoms with van der Waals surface area (Å²) in [6.07, 6.45) is 0.444. The minimum Gasteiger partial charge on any atom is -0.480 e. The number of carbonyl (C=O) groups is 2. The molecular weight excluding hydrogens is 413 g/mol. The highest BCUT2D eigenvalue weighted by molar-refractivity contribution is 6.30. The van der Waals surface area contributed by atoms with Crippen LogP contribution in [0.4, 0.5) is 5.69 Å². The lowest BCUT2D eigenvalue weighted by atomic mass is 10.0. The van der Waals surface area contributed by atoms with Gasteiger partial charge in [0.05, 0.1) is 11.0 Å². The van der Waals surface area contributed by atoms with Gasteiger partial charge in [0.1, 0.15) is 17.7 Å². The first kappa shape index (κ1) is 21.1. The lowest BCUT2D eigenvalue weighted by molar-refractivity contribution is -0.141. The summed E-state index contributed by atoms with van der Waals surface area (Å²) in [5, 5.41) is 13.2. The molecule has 1 atom stereocenters. The van der Waals surface area contributed by atoms with E-state index in [0.29, 0.717) is 34.0 Å². The number of aromatic nitrogens is 2. The summed E-state index contributed by atoms with van der Waals surface area (Å²) in [5.74, 6) is -0.737. The number of nitrogens with one attached hydrogen (secondary N) is 1.